The lowest BCUT2D eigenvalue weighted by atomic mass is 9.91. The molecule has 0 saturated heterocycles. The second-order valence-corrected chi connectivity index (χ2v) is 4.63. The van der Waals surface area contributed by atoms with Crippen molar-refractivity contribution >= 4 is 15.9 Å². The summed E-state index contributed by atoms with van der Waals surface area (Å²) in [6, 6.07) is 0. The quantitative estimate of drug-likeness (QED) is 0.883. The van der Waals surface area contributed by atoms with Gasteiger partial charge in [-0.3, -0.25) is 0 Å². The first-order valence-electron chi connectivity index (χ1n) is 5.16. The molecule has 1 aliphatic rings. The number of hydrogen-bond donors (Lipinski definition) is 1. The van der Waals surface area contributed by atoms with Gasteiger partial charge >= 0.3 is 0 Å². The largest absolute Gasteiger partial charge is 0.330 e. The van der Waals surface area contributed by atoms with E-state index < -0.39 is 0 Å². The number of rotatable bonds is 2. The van der Waals surface area contributed by atoms with E-state index in [4.69, 9.17) is 5.73 Å². The highest BCUT2D eigenvalue weighted by molar-refractivity contribution is 9.10. The predicted octanol–water partition coefficient (Wildman–Crippen LogP) is 2.18. The molecule has 0 bridgehead atoms. The monoisotopic (exact) mass is 257 g/mol. The van der Waals surface area contributed by atoms with Crippen molar-refractivity contribution in [3.8, 4) is 0 Å². The Kier molecular flexibility index (Phi) is 2.93. The molecule has 2 rings (SSSR count). The molecule has 0 aromatic carbocycles. The summed E-state index contributed by atoms with van der Waals surface area (Å²) in [6.07, 6.45) is 3.58. The molecule has 0 aliphatic carbocycles. The van der Waals surface area contributed by atoms with Crippen molar-refractivity contribution in [2.45, 2.75) is 38.6 Å². The molecule has 0 radical (unpaired) electrons. The van der Waals surface area contributed by atoms with Gasteiger partial charge in [0.1, 0.15) is 0 Å². The van der Waals surface area contributed by atoms with Gasteiger partial charge in [-0.1, -0.05) is 0 Å². The topological polar surface area (TPSA) is 43.8 Å². The summed E-state index contributed by atoms with van der Waals surface area (Å²) in [4.78, 5) is 4.46. The summed E-state index contributed by atoms with van der Waals surface area (Å²) in [7, 11) is 0. The van der Waals surface area contributed by atoms with Crippen LogP contribution in [0, 0.1) is 6.92 Å². The molecule has 1 aromatic rings. The van der Waals surface area contributed by atoms with Crippen LogP contribution in [0.25, 0.3) is 0 Å². The van der Waals surface area contributed by atoms with Crippen LogP contribution in [-0.2, 0) is 6.54 Å². The molecule has 1 aromatic heterocycles. The molecule has 0 spiro atoms. The normalized spacial score (nSPS) is 20.9. The molecule has 2 heterocycles. The van der Waals surface area contributed by atoms with Crippen LogP contribution in [0.4, 0.5) is 0 Å². The van der Waals surface area contributed by atoms with Gasteiger partial charge in [-0.05, 0) is 48.7 Å². The summed E-state index contributed by atoms with van der Waals surface area (Å²) >= 11 is 3.50. The molecule has 0 fully saturated rings. The van der Waals surface area contributed by atoms with Crippen LogP contribution < -0.4 is 5.73 Å². The molecule has 78 valence electrons. The highest BCUT2D eigenvalue weighted by Crippen LogP contribution is 2.34. The van der Waals surface area contributed by atoms with Crippen LogP contribution in [0.3, 0.4) is 0 Å². The van der Waals surface area contributed by atoms with Gasteiger partial charge in [0.2, 0.25) is 0 Å². The number of imidazole rings is 1. The number of aromatic nitrogens is 2. The van der Waals surface area contributed by atoms with Crippen LogP contribution >= 0.6 is 15.9 Å². The van der Waals surface area contributed by atoms with E-state index in [1.807, 2.05) is 0 Å². The molecule has 1 unspecified atom stereocenters. The lowest BCUT2D eigenvalue weighted by Gasteiger charge is -2.24. The second-order valence-electron chi connectivity index (χ2n) is 3.92. The van der Waals surface area contributed by atoms with E-state index in [1.165, 1.54) is 18.5 Å². The number of aryl methyl sites for hydroxylation is 1. The summed E-state index contributed by atoms with van der Waals surface area (Å²) < 4.78 is 3.27. The lowest BCUT2D eigenvalue weighted by Crippen LogP contribution is -2.18. The van der Waals surface area contributed by atoms with Crippen LogP contribution in [0.2, 0.25) is 0 Å². The summed E-state index contributed by atoms with van der Waals surface area (Å²) in [5.41, 5.74) is 8.19. The summed E-state index contributed by atoms with van der Waals surface area (Å²) in [6.45, 7) is 3.95. The second kappa shape index (κ2) is 4.03. The maximum atomic E-state index is 5.63. The highest BCUT2D eigenvalue weighted by atomic mass is 79.9. The third-order valence-corrected chi connectivity index (χ3v) is 3.59. The minimum absolute atomic E-state index is 0.618. The van der Waals surface area contributed by atoms with Crippen molar-refractivity contribution < 1.29 is 0 Å². The Morgan fingerprint density at radius 2 is 2.43 bits per heavy atom. The molecule has 0 saturated carbocycles. The molecule has 3 nitrogen and oxygen atoms in total. The van der Waals surface area contributed by atoms with E-state index in [0.29, 0.717) is 5.92 Å². The van der Waals surface area contributed by atoms with Crippen molar-refractivity contribution in [1.82, 2.24) is 9.55 Å². The maximum Gasteiger partial charge on any atom is 0.177 e. The van der Waals surface area contributed by atoms with Crippen molar-refractivity contribution in [2.75, 3.05) is 6.54 Å². The SMILES string of the molecule is Cc1nc(Br)n2c1C(CCN)CCC2. The lowest BCUT2D eigenvalue weighted by molar-refractivity contribution is 0.433. The number of fused-ring (bicyclic) bond motifs is 1. The highest BCUT2D eigenvalue weighted by Gasteiger charge is 2.24. The Labute approximate surface area is 92.8 Å². The van der Waals surface area contributed by atoms with Crippen LogP contribution in [0.1, 0.15) is 36.6 Å². The Morgan fingerprint density at radius 1 is 1.64 bits per heavy atom. The summed E-state index contributed by atoms with van der Waals surface area (Å²) in [5.74, 6) is 0.618. The minimum atomic E-state index is 0.618. The molecular formula is C10H16BrN3. The van der Waals surface area contributed by atoms with Crippen molar-refractivity contribution in [3.63, 3.8) is 0 Å². The van der Waals surface area contributed by atoms with Gasteiger partial charge < -0.3 is 10.3 Å². The fourth-order valence-electron chi connectivity index (χ4n) is 2.39. The Balaban J connectivity index is 2.37. The van der Waals surface area contributed by atoms with Gasteiger partial charge in [-0.25, -0.2) is 4.98 Å². The number of nitrogens with two attached hydrogens (primary N) is 1. The number of hydrogen-bond acceptors (Lipinski definition) is 2. The zero-order chi connectivity index (χ0) is 10.1. The maximum absolute atomic E-state index is 5.63. The van der Waals surface area contributed by atoms with Gasteiger partial charge in [0.05, 0.1) is 5.69 Å². The zero-order valence-corrected chi connectivity index (χ0v) is 10.0. The smallest absolute Gasteiger partial charge is 0.177 e. The molecular weight excluding hydrogens is 242 g/mol. The van der Waals surface area contributed by atoms with E-state index in [-0.39, 0.29) is 0 Å². The van der Waals surface area contributed by atoms with Gasteiger partial charge in [0, 0.05) is 18.2 Å². The first-order chi connectivity index (χ1) is 6.74. The fourth-order valence-corrected chi connectivity index (χ4v) is 3.03. The third kappa shape index (κ3) is 1.61. The number of halogens is 1. The van der Waals surface area contributed by atoms with Crippen molar-refractivity contribution in [3.05, 3.63) is 16.1 Å². The van der Waals surface area contributed by atoms with Crippen molar-refractivity contribution in [2.24, 2.45) is 5.73 Å². The van der Waals surface area contributed by atoms with Crippen molar-refractivity contribution in [1.29, 1.82) is 0 Å². The van der Waals surface area contributed by atoms with Crippen LogP contribution in [0.5, 0.6) is 0 Å². The predicted molar refractivity (Wildman–Crippen MR) is 60.3 cm³/mol. The Hall–Kier alpha value is -0.350. The van der Waals surface area contributed by atoms with Crippen LogP contribution in [0.15, 0.2) is 4.73 Å². The Morgan fingerprint density at radius 3 is 3.14 bits per heavy atom. The standard InChI is InChI=1S/C10H16BrN3/c1-7-9-8(4-5-12)3-2-6-14(9)10(11)13-7/h8H,2-6,12H2,1H3. The average Bonchev–Trinajstić information content (AvgIpc) is 2.44. The van der Waals surface area contributed by atoms with Crippen LogP contribution in [-0.4, -0.2) is 16.1 Å². The Bertz CT molecular complexity index is 332. The fraction of sp³-hybridized carbons (Fsp3) is 0.700. The van der Waals surface area contributed by atoms with E-state index in [2.05, 4.69) is 32.4 Å². The average molecular weight is 258 g/mol. The summed E-state index contributed by atoms with van der Waals surface area (Å²) in [5, 5.41) is 0. The first-order valence-corrected chi connectivity index (χ1v) is 5.96. The molecule has 0 amide bonds. The minimum Gasteiger partial charge on any atom is -0.330 e. The molecule has 2 N–H and O–H groups in total. The molecule has 1 aliphatic heterocycles. The third-order valence-electron chi connectivity index (χ3n) is 2.98. The molecule has 1 atom stereocenters. The van der Waals surface area contributed by atoms with Gasteiger partial charge in [0.25, 0.3) is 0 Å². The molecule has 4 heteroatoms. The molecule has 14 heavy (non-hydrogen) atoms. The van der Waals surface area contributed by atoms with E-state index >= 15 is 0 Å². The number of nitrogens with zero attached hydrogens (tertiary/aromatic N) is 2. The first kappa shape index (κ1) is 10.2. The zero-order valence-electron chi connectivity index (χ0n) is 8.46. The van der Waals surface area contributed by atoms with E-state index in [9.17, 15) is 0 Å². The van der Waals surface area contributed by atoms with E-state index in [0.717, 1.165) is 29.9 Å². The van der Waals surface area contributed by atoms with Gasteiger partial charge in [-0.15, -0.1) is 0 Å². The van der Waals surface area contributed by atoms with E-state index in [1.54, 1.807) is 0 Å². The van der Waals surface area contributed by atoms with Gasteiger partial charge in [-0.2, -0.15) is 0 Å². The van der Waals surface area contributed by atoms with Gasteiger partial charge in [0.15, 0.2) is 4.73 Å².